The predicted molar refractivity (Wildman–Crippen MR) is 78.5 cm³/mol. The molecule has 1 saturated heterocycles. The van der Waals surface area contributed by atoms with E-state index in [2.05, 4.69) is 12.2 Å². The van der Waals surface area contributed by atoms with Crippen LogP contribution in [0.1, 0.15) is 52.9 Å². The van der Waals surface area contributed by atoms with E-state index in [1.54, 1.807) is 0 Å². The minimum Gasteiger partial charge on any atom is -0.480 e. The van der Waals surface area contributed by atoms with Crippen molar-refractivity contribution in [3.8, 4) is 0 Å². The molecule has 1 rings (SSSR count). The molecule has 1 aliphatic rings. The summed E-state index contributed by atoms with van der Waals surface area (Å²) in [5, 5.41) is 12.3. The smallest absolute Gasteiger partial charge is 0.320 e. The van der Waals surface area contributed by atoms with Gasteiger partial charge < -0.3 is 10.4 Å². The van der Waals surface area contributed by atoms with E-state index in [1.807, 2.05) is 18.7 Å². The molecule has 2 unspecified atom stereocenters. The third-order valence-corrected chi connectivity index (χ3v) is 4.38. The van der Waals surface area contributed by atoms with Crippen LogP contribution in [-0.2, 0) is 9.59 Å². The predicted octanol–water partition coefficient (Wildman–Crippen LogP) is 1.87. The first kappa shape index (κ1) is 17.0. The van der Waals surface area contributed by atoms with Crippen LogP contribution in [0, 0.1) is 5.92 Å². The summed E-state index contributed by atoms with van der Waals surface area (Å²) in [5.41, 5.74) is 0. The van der Waals surface area contributed by atoms with Crippen molar-refractivity contribution in [2.75, 3.05) is 13.1 Å². The van der Waals surface area contributed by atoms with Crippen molar-refractivity contribution in [1.82, 2.24) is 10.2 Å². The van der Waals surface area contributed by atoms with E-state index in [-0.39, 0.29) is 18.5 Å². The second-order valence-electron chi connectivity index (χ2n) is 5.70. The van der Waals surface area contributed by atoms with Crippen molar-refractivity contribution < 1.29 is 14.7 Å². The summed E-state index contributed by atoms with van der Waals surface area (Å²) in [6, 6.07) is -0.319. The second-order valence-corrected chi connectivity index (χ2v) is 5.70. The number of carbonyl (C=O) groups excluding carboxylic acids is 1. The number of nitrogens with one attached hydrogen (secondary N) is 1. The molecule has 5 nitrogen and oxygen atoms in total. The van der Waals surface area contributed by atoms with Gasteiger partial charge in [-0.25, -0.2) is 0 Å². The van der Waals surface area contributed by atoms with E-state index in [0.717, 1.165) is 25.7 Å². The third-order valence-electron chi connectivity index (χ3n) is 4.38. The zero-order chi connectivity index (χ0) is 15.1. The molecule has 0 aliphatic carbocycles. The molecule has 116 valence electrons. The molecule has 1 heterocycles. The van der Waals surface area contributed by atoms with Crippen LogP contribution in [-0.4, -0.2) is 47.1 Å². The molecule has 1 amide bonds. The van der Waals surface area contributed by atoms with Crippen LogP contribution in [0.25, 0.3) is 0 Å². The van der Waals surface area contributed by atoms with Gasteiger partial charge in [-0.2, -0.15) is 0 Å². The van der Waals surface area contributed by atoms with E-state index in [4.69, 9.17) is 0 Å². The normalized spacial score (nSPS) is 23.8. The van der Waals surface area contributed by atoms with Gasteiger partial charge in [0.05, 0.1) is 6.54 Å². The molecule has 2 N–H and O–H groups in total. The second kappa shape index (κ2) is 8.25. The van der Waals surface area contributed by atoms with Crippen LogP contribution in [0.5, 0.6) is 0 Å². The first-order chi connectivity index (χ1) is 9.51. The Morgan fingerprint density at radius 2 is 1.95 bits per heavy atom. The number of nitrogens with zero attached hydrogens (tertiary/aromatic N) is 1. The standard InChI is InChI=1S/C15H28N2O3/c1-4-11-7-8-17(13(9-11)15(19)20)10-14(18)16-12(5-2)6-3/h11-13H,4-10H2,1-3H3,(H,16,18)(H,19,20). The van der Waals surface area contributed by atoms with E-state index in [0.29, 0.717) is 18.9 Å². The van der Waals surface area contributed by atoms with Gasteiger partial charge in [0.2, 0.25) is 5.91 Å². The Bertz CT molecular complexity index is 329. The number of aliphatic carboxylic acids is 1. The number of likely N-dealkylation sites (tertiary alicyclic amines) is 1. The van der Waals surface area contributed by atoms with Gasteiger partial charge in [0.15, 0.2) is 0 Å². The Hall–Kier alpha value is -1.10. The summed E-state index contributed by atoms with van der Waals surface area (Å²) in [5.74, 6) is -0.396. The highest BCUT2D eigenvalue weighted by atomic mass is 16.4. The van der Waals surface area contributed by atoms with Crippen molar-refractivity contribution in [3.05, 3.63) is 0 Å². The molecular formula is C15H28N2O3. The SMILES string of the molecule is CCC1CCN(CC(=O)NC(CC)CC)C(C(=O)O)C1. The highest BCUT2D eigenvalue weighted by Gasteiger charge is 2.33. The highest BCUT2D eigenvalue weighted by molar-refractivity contribution is 5.80. The summed E-state index contributed by atoms with van der Waals surface area (Å²) in [4.78, 5) is 25.2. The highest BCUT2D eigenvalue weighted by Crippen LogP contribution is 2.25. The van der Waals surface area contributed by atoms with E-state index in [1.165, 1.54) is 0 Å². The van der Waals surface area contributed by atoms with E-state index < -0.39 is 12.0 Å². The van der Waals surface area contributed by atoms with Crippen LogP contribution in [0.4, 0.5) is 0 Å². The molecule has 1 fully saturated rings. The average molecular weight is 284 g/mol. The Labute approximate surface area is 121 Å². The van der Waals surface area contributed by atoms with Crippen molar-refractivity contribution in [2.24, 2.45) is 5.92 Å². The van der Waals surface area contributed by atoms with Crippen LogP contribution in [0.3, 0.4) is 0 Å². The number of carbonyl (C=O) groups is 2. The van der Waals surface area contributed by atoms with Gasteiger partial charge in [-0.05, 0) is 38.1 Å². The van der Waals surface area contributed by atoms with Crippen molar-refractivity contribution >= 4 is 11.9 Å². The number of carboxylic acids is 1. The summed E-state index contributed by atoms with van der Waals surface area (Å²) >= 11 is 0. The summed E-state index contributed by atoms with van der Waals surface area (Å²) in [6.07, 6.45) is 4.46. The maximum Gasteiger partial charge on any atom is 0.320 e. The van der Waals surface area contributed by atoms with Crippen LogP contribution in [0.15, 0.2) is 0 Å². The lowest BCUT2D eigenvalue weighted by molar-refractivity contribution is -0.146. The molecule has 0 aromatic carbocycles. The molecule has 2 atom stereocenters. The van der Waals surface area contributed by atoms with Crippen LogP contribution < -0.4 is 5.32 Å². The number of hydrogen-bond donors (Lipinski definition) is 2. The van der Waals surface area contributed by atoms with Gasteiger partial charge in [0.25, 0.3) is 0 Å². The van der Waals surface area contributed by atoms with Gasteiger partial charge in [0, 0.05) is 6.04 Å². The topological polar surface area (TPSA) is 69.6 Å². The molecule has 5 heteroatoms. The zero-order valence-corrected chi connectivity index (χ0v) is 12.9. The van der Waals surface area contributed by atoms with Crippen LogP contribution >= 0.6 is 0 Å². The molecule has 0 aromatic heterocycles. The fraction of sp³-hybridized carbons (Fsp3) is 0.867. The largest absolute Gasteiger partial charge is 0.480 e. The van der Waals surface area contributed by atoms with Gasteiger partial charge in [-0.15, -0.1) is 0 Å². The minimum absolute atomic E-state index is 0.0556. The lowest BCUT2D eigenvalue weighted by Gasteiger charge is -2.36. The Morgan fingerprint density at radius 3 is 2.45 bits per heavy atom. The lowest BCUT2D eigenvalue weighted by atomic mass is 9.89. The van der Waals surface area contributed by atoms with Gasteiger partial charge in [0.1, 0.15) is 6.04 Å². The molecule has 0 spiro atoms. The number of rotatable bonds is 7. The number of carboxylic acid groups (broad SMARTS) is 1. The fourth-order valence-corrected chi connectivity index (χ4v) is 2.85. The summed E-state index contributed by atoms with van der Waals surface area (Å²) in [7, 11) is 0. The van der Waals surface area contributed by atoms with Crippen molar-refractivity contribution in [1.29, 1.82) is 0 Å². The Kier molecular flexibility index (Phi) is 6.99. The lowest BCUT2D eigenvalue weighted by Crippen LogP contribution is -2.51. The summed E-state index contributed by atoms with van der Waals surface area (Å²) in [6.45, 7) is 7.08. The van der Waals surface area contributed by atoms with Crippen LogP contribution in [0.2, 0.25) is 0 Å². The molecular weight excluding hydrogens is 256 g/mol. The molecule has 1 aliphatic heterocycles. The van der Waals surface area contributed by atoms with Gasteiger partial charge in [-0.1, -0.05) is 27.2 Å². The first-order valence-corrected chi connectivity index (χ1v) is 7.77. The third kappa shape index (κ3) is 4.78. The van der Waals surface area contributed by atoms with Gasteiger partial charge >= 0.3 is 5.97 Å². The summed E-state index contributed by atoms with van der Waals surface area (Å²) < 4.78 is 0. The maximum atomic E-state index is 12.0. The Morgan fingerprint density at radius 1 is 1.30 bits per heavy atom. The maximum absolute atomic E-state index is 12.0. The first-order valence-electron chi connectivity index (χ1n) is 7.77. The van der Waals surface area contributed by atoms with Crippen molar-refractivity contribution in [2.45, 2.75) is 65.0 Å². The zero-order valence-electron chi connectivity index (χ0n) is 12.9. The molecule has 0 saturated carbocycles. The molecule has 20 heavy (non-hydrogen) atoms. The van der Waals surface area contributed by atoms with Crippen molar-refractivity contribution in [3.63, 3.8) is 0 Å². The number of piperidine rings is 1. The molecule has 0 aromatic rings. The minimum atomic E-state index is -0.807. The van der Waals surface area contributed by atoms with Gasteiger partial charge in [-0.3, -0.25) is 14.5 Å². The molecule has 0 bridgehead atoms. The van der Waals surface area contributed by atoms with E-state index in [9.17, 15) is 14.7 Å². The Balaban J connectivity index is 2.56. The number of hydrogen-bond acceptors (Lipinski definition) is 3. The molecule has 0 radical (unpaired) electrons. The quantitative estimate of drug-likeness (QED) is 0.749. The number of amides is 1. The fourth-order valence-electron chi connectivity index (χ4n) is 2.85. The average Bonchev–Trinajstić information content (AvgIpc) is 2.44. The van der Waals surface area contributed by atoms with E-state index >= 15 is 0 Å². The monoisotopic (exact) mass is 284 g/mol.